The van der Waals surface area contributed by atoms with Gasteiger partial charge >= 0.3 is 5.97 Å². The van der Waals surface area contributed by atoms with Crippen molar-refractivity contribution in [2.75, 3.05) is 13.2 Å². The van der Waals surface area contributed by atoms with Gasteiger partial charge in [0.15, 0.2) is 11.5 Å². The number of hydrogen-bond acceptors (Lipinski definition) is 4. The summed E-state index contributed by atoms with van der Waals surface area (Å²) in [6.45, 7) is 1.58. The van der Waals surface area contributed by atoms with Gasteiger partial charge in [0, 0.05) is 25.8 Å². The molecule has 3 heterocycles. The van der Waals surface area contributed by atoms with Gasteiger partial charge in [-0.1, -0.05) is 0 Å². The van der Waals surface area contributed by atoms with E-state index in [0.717, 1.165) is 32.5 Å². The molecular weight excluding hydrogens is 246 g/mol. The summed E-state index contributed by atoms with van der Waals surface area (Å²) >= 11 is 0. The Labute approximate surface area is 110 Å². The molecule has 0 radical (unpaired) electrons. The van der Waals surface area contributed by atoms with Crippen LogP contribution in [0.1, 0.15) is 29.0 Å². The minimum atomic E-state index is -0.976. The normalized spacial score (nSPS) is 16.8. The van der Waals surface area contributed by atoms with Crippen molar-refractivity contribution in [3.8, 4) is 0 Å². The van der Waals surface area contributed by atoms with Crippen molar-refractivity contribution in [2.24, 2.45) is 5.92 Å². The summed E-state index contributed by atoms with van der Waals surface area (Å²) in [5, 5.41) is 13.5. The molecule has 0 saturated carbocycles. The summed E-state index contributed by atoms with van der Waals surface area (Å²) in [6, 6.07) is 3.22. The van der Waals surface area contributed by atoms with Crippen LogP contribution >= 0.6 is 0 Å². The standard InChI is InChI=1S/C13H15N3O3/c17-13(18)10-2-1-5-16-12(10)14-11(15-16)8-9-3-6-19-7-4-9/h1-2,5,9H,3-4,6-8H2,(H,17,18). The Balaban J connectivity index is 1.88. The SMILES string of the molecule is O=C(O)c1cccn2nc(CC3CCOCC3)nc12. The molecule has 1 saturated heterocycles. The van der Waals surface area contributed by atoms with Crippen molar-refractivity contribution < 1.29 is 14.6 Å². The molecule has 2 aromatic heterocycles. The maximum absolute atomic E-state index is 11.1. The van der Waals surface area contributed by atoms with E-state index in [9.17, 15) is 4.79 Å². The monoisotopic (exact) mass is 261 g/mol. The minimum Gasteiger partial charge on any atom is -0.478 e. The number of aromatic nitrogens is 3. The molecule has 6 nitrogen and oxygen atoms in total. The van der Waals surface area contributed by atoms with Crippen molar-refractivity contribution >= 4 is 11.6 Å². The van der Waals surface area contributed by atoms with Crippen LogP contribution in [-0.2, 0) is 11.2 Å². The third-order valence-electron chi connectivity index (χ3n) is 3.45. The number of rotatable bonds is 3. The van der Waals surface area contributed by atoms with Crippen LogP contribution < -0.4 is 0 Å². The average Bonchev–Trinajstić information content (AvgIpc) is 2.81. The van der Waals surface area contributed by atoms with Crippen LogP contribution in [0.15, 0.2) is 18.3 Å². The molecule has 6 heteroatoms. The van der Waals surface area contributed by atoms with E-state index >= 15 is 0 Å². The van der Waals surface area contributed by atoms with Crippen molar-refractivity contribution in [3.05, 3.63) is 29.7 Å². The number of carboxylic acid groups (broad SMARTS) is 1. The molecule has 1 aliphatic heterocycles. The van der Waals surface area contributed by atoms with E-state index in [2.05, 4.69) is 10.1 Å². The number of fused-ring (bicyclic) bond motifs is 1. The molecular formula is C13H15N3O3. The Morgan fingerprint density at radius 2 is 2.26 bits per heavy atom. The topological polar surface area (TPSA) is 76.7 Å². The summed E-state index contributed by atoms with van der Waals surface area (Å²) in [7, 11) is 0. The highest BCUT2D eigenvalue weighted by atomic mass is 16.5. The second-order valence-electron chi connectivity index (χ2n) is 4.78. The molecule has 0 aliphatic carbocycles. The molecule has 100 valence electrons. The molecule has 0 aromatic carbocycles. The second-order valence-corrected chi connectivity index (χ2v) is 4.78. The van der Waals surface area contributed by atoms with Gasteiger partial charge in [-0.2, -0.15) is 5.10 Å². The third kappa shape index (κ3) is 2.44. The fourth-order valence-corrected chi connectivity index (χ4v) is 2.41. The number of carbonyl (C=O) groups is 1. The van der Waals surface area contributed by atoms with Gasteiger partial charge in [-0.05, 0) is 30.9 Å². The third-order valence-corrected chi connectivity index (χ3v) is 3.45. The highest BCUT2D eigenvalue weighted by Crippen LogP contribution is 2.19. The zero-order valence-corrected chi connectivity index (χ0v) is 10.5. The number of pyridine rings is 1. The van der Waals surface area contributed by atoms with Gasteiger partial charge in [-0.25, -0.2) is 14.3 Å². The summed E-state index contributed by atoms with van der Waals surface area (Å²) < 4.78 is 6.86. The highest BCUT2D eigenvalue weighted by molar-refractivity contribution is 5.94. The summed E-state index contributed by atoms with van der Waals surface area (Å²) in [4.78, 5) is 15.5. The van der Waals surface area contributed by atoms with E-state index < -0.39 is 5.97 Å². The maximum atomic E-state index is 11.1. The first-order valence-corrected chi connectivity index (χ1v) is 6.39. The van der Waals surface area contributed by atoms with Crippen molar-refractivity contribution in [3.63, 3.8) is 0 Å². The quantitative estimate of drug-likeness (QED) is 0.903. The maximum Gasteiger partial charge on any atom is 0.339 e. The molecule has 0 unspecified atom stereocenters. The van der Waals surface area contributed by atoms with E-state index in [1.165, 1.54) is 4.52 Å². The van der Waals surface area contributed by atoms with Gasteiger partial charge in [0.2, 0.25) is 0 Å². The summed E-state index contributed by atoms with van der Waals surface area (Å²) in [5.41, 5.74) is 0.602. The number of hydrogen-bond donors (Lipinski definition) is 1. The number of carboxylic acids is 1. The molecule has 1 N–H and O–H groups in total. The minimum absolute atomic E-state index is 0.188. The van der Waals surface area contributed by atoms with Crippen molar-refractivity contribution in [1.29, 1.82) is 0 Å². The van der Waals surface area contributed by atoms with Gasteiger partial charge in [0.25, 0.3) is 0 Å². The van der Waals surface area contributed by atoms with Crippen molar-refractivity contribution in [2.45, 2.75) is 19.3 Å². The van der Waals surface area contributed by atoms with Gasteiger partial charge in [0.05, 0.1) is 0 Å². The lowest BCUT2D eigenvalue weighted by molar-refractivity contribution is 0.0660. The van der Waals surface area contributed by atoms with Gasteiger partial charge in [0.1, 0.15) is 5.56 Å². The van der Waals surface area contributed by atoms with E-state index in [-0.39, 0.29) is 5.56 Å². The Hall–Kier alpha value is -1.95. The van der Waals surface area contributed by atoms with Gasteiger partial charge < -0.3 is 9.84 Å². The van der Waals surface area contributed by atoms with E-state index in [4.69, 9.17) is 9.84 Å². The first kappa shape index (κ1) is 12.1. The second kappa shape index (κ2) is 4.97. The molecule has 2 aromatic rings. The van der Waals surface area contributed by atoms with Crippen LogP contribution in [-0.4, -0.2) is 38.9 Å². The highest BCUT2D eigenvalue weighted by Gasteiger charge is 2.18. The predicted molar refractivity (Wildman–Crippen MR) is 67.2 cm³/mol. The Morgan fingerprint density at radius 1 is 1.47 bits per heavy atom. The van der Waals surface area contributed by atoms with Crippen LogP contribution in [0.3, 0.4) is 0 Å². The smallest absolute Gasteiger partial charge is 0.339 e. The largest absolute Gasteiger partial charge is 0.478 e. The molecule has 0 amide bonds. The lowest BCUT2D eigenvalue weighted by Gasteiger charge is -2.20. The van der Waals surface area contributed by atoms with Gasteiger partial charge in [-0.3, -0.25) is 0 Å². The van der Waals surface area contributed by atoms with Crippen molar-refractivity contribution in [1.82, 2.24) is 14.6 Å². The fraction of sp³-hybridized carbons (Fsp3) is 0.462. The van der Waals surface area contributed by atoms with E-state index in [0.29, 0.717) is 17.4 Å². The average molecular weight is 261 g/mol. The Kier molecular flexibility index (Phi) is 3.16. The first-order valence-electron chi connectivity index (χ1n) is 6.39. The predicted octanol–water partition coefficient (Wildman–Crippen LogP) is 1.40. The van der Waals surface area contributed by atoms with Gasteiger partial charge in [-0.15, -0.1) is 0 Å². The fourth-order valence-electron chi connectivity index (χ4n) is 2.41. The first-order chi connectivity index (χ1) is 9.24. The molecule has 0 atom stereocenters. The number of nitrogens with zero attached hydrogens (tertiary/aromatic N) is 3. The zero-order chi connectivity index (χ0) is 13.2. The summed E-state index contributed by atoms with van der Waals surface area (Å²) in [5.74, 6) is 0.260. The molecule has 3 rings (SSSR count). The van der Waals surface area contributed by atoms with Crippen LogP contribution in [0.4, 0.5) is 0 Å². The molecule has 0 bridgehead atoms. The Bertz CT molecular complexity index is 602. The van der Waals surface area contributed by atoms with Crippen LogP contribution in [0.5, 0.6) is 0 Å². The molecule has 1 fully saturated rings. The van der Waals surface area contributed by atoms with Crippen LogP contribution in [0, 0.1) is 5.92 Å². The van der Waals surface area contributed by atoms with Crippen LogP contribution in [0.25, 0.3) is 5.65 Å². The molecule has 1 aliphatic rings. The number of ether oxygens (including phenoxy) is 1. The van der Waals surface area contributed by atoms with Crippen LogP contribution in [0.2, 0.25) is 0 Å². The lowest BCUT2D eigenvalue weighted by atomic mass is 9.96. The zero-order valence-electron chi connectivity index (χ0n) is 10.5. The van der Waals surface area contributed by atoms with E-state index in [1.807, 2.05) is 0 Å². The summed E-state index contributed by atoms with van der Waals surface area (Å²) in [6.07, 6.45) is 4.54. The lowest BCUT2D eigenvalue weighted by Crippen LogP contribution is -2.18. The molecule has 0 spiro atoms. The number of aromatic carboxylic acids is 1. The molecule has 19 heavy (non-hydrogen) atoms. The Morgan fingerprint density at radius 3 is 3.00 bits per heavy atom. The van der Waals surface area contributed by atoms with E-state index in [1.54, 1.807) is 18.3 Å².